The lowest BCUT2D eigenvalue weighted by Crippen LogP contribution is -2.45. The number of alkyl halides is 3. The molecule has 1 unspecified atom stereocenters. The Kier molecular flexibility index (Phi) is 6.49. The van der Waals surface area contributed by atoms with E-state index < -0.39 is 12.7 Å². The second-order valence-electron chi connectivity index (χ2n) is 7.30. The van der Waals surface area contributed by atoms with E-state index in [0.717, 1.165) is 11.9 Å². The minimum Gasteiger partial charge on any atom is -0.361 e. The van der Waals surface area contributed by atoms with Gasteiger partial charge >= 0.3 is 6.18 Å². The van der Waals surface area contributed by atoms with Crippen molar-refractivity contribution in [3.05, 3.63) is 35.5 Å². The van der Waals surface area contributed by atoms with Crippen LogP contribution < -0.4 is 10.6 Å². The van der Waals surface area contributed by atoms with Crippen LogP contribution >= 0.6 is 0 Å². The fraction of sp³-hybridized carbons (Fsp3) is 0.550. The van der Waals surface area contributed by atoms with E-state index in [-0.39, 0.29) is 6.04 Å². The highest BCUT2D eigenvalue weighted by atomic mass is 19.4. The molecule has 1 fully saturated rings. The first-order valence-corrected chi connectivity index (χ1v) is 9.75. The van der Waals surface area contributed by atoms with Gasteiger partial charge in [0.2, 0.25) is 0 Å². The molecule has 3 rings (SSSR count). The molecule has 2 heterocycles. The van der Waals surface area contributed by atoms with Gasteiger partial charge < -0.3 is 15.6 Å². The third-order valence-corrected chi connectivity index (χ3v) is 5.02. The highest BCUT2D eigenvalue weighted by Gasteiger charge is 2.34. The van der Waals surface area contributed by atoms with E-state index in [9.17, 15) is 13.2 Å². The average Bonchev–Trinajstić information content (AvgIpc) is 3.21. The fourth-order valence-corrected chi connectivity index (χ4v) is 3.72. The smallest absolute Gasteiger partial charge is 0.361 e. The maximum atomic E-state index is 12.6. The minimum atomic E-state index is -4.15. The second kappa shape index (κ2) is 8.86. The summed E-state index contributed by atoms with van der Waals surface area (Å²) in [5.41, 5.74) is 3.59. The van der Waals surface area contributed by atoms with Gasteiger partial charge in [0.25, 0.3) is 0 Å². The van der Waals surface area contributed by atoms with Crippen molar-refractivity contribution in [1.82, 2.24) is 20.5 Å². The molecule has 0 saturated carbocycles. The normalized spacial score (nSPS) is 18.8. The van der Waals surface area contributed by atoms with Crippen molar-refractivity contribution in [2.45, 2.75) is 38.9 Å². The molecule has 5 nitrogen and oxygen atoms in total. The number of aryl methyl sites for hydroxylation is 1. The summed E-state index contributed by atoms with van der Waals surface area (Å²) in [4.78, 5) is 9.39. The number of H-pyrrole nitrogens is 1. The van der Waals surface area contributed by atoms with Crippen LogP contribution in [0.25, 0.3) is 10.9 Å². The predicted octanol–water partition coefficient (Wildman–Crippen LogP) is 3.21. The summed E-state index contributed by atoms with van der Waals surface area (Å²) in [5.74, 6) is 0.664. The number of likely N-dealkylation sites (tertiary alicyclic amines) is 1. The lowest BCUT2D eigenvalue weighted by atomic mass is 10.1. The van der Waals surface area contributed by atoms with Gasteiger partial charge in [-0.05, 0) is 37.8 Å². The summed E-state index contributed by atoms with van der Waals surface area (Å²) in [6.45, 7) is 5.35. The molecular formula is C20H28F3N5. The number of hydrogen-bond donors (Lipinski definition) is 3. The number of fused-ring (bicyclic) bond motifs is 1. The monoisotopic (exact) mass is 395 g/mol. The predicted molar refractivity (Wildman–Crippen MR) is 107 cm³/mol. The molecule has 2 aromatic rings. The average molecular weight is 395 g/mol. The van der Waals surface area contributed by atoms with Crippen LogP contribution in [0.4, 0.5) is 13.2 Å². The van der Waals surface area contributed by atoms with Gasteiger partial charge in [0.15, 0.2) is 5.96 Å². The number of rotatable bonds is 6. The Morgan fingerprint density at radius 1 is 1.36 bits per heavy atom. The summed E-state index contributed by atoms with van der Waals surface area (Å²) < 4.78 is 37.7. The quantitative estimate of drug-likeness (QED) is 0.520. The Labute approximate surface area is 163 Å². The van der Waals surface area contributed by atoms with Crippen LogP contribution in [-0.4, -0.2) is 60.8 Å². The molecule has 1 saturated heterocycles. The van der Waals surface area contributed by atoms with E-state index in [1.54, 1.807) is 0 Å². The molecule has 1 aromatic carbocycles. The number of nitrogens with one attached hydrogen (secondary N) is 3. The summed E-state index contributed by atoms with van der Waals surface area (Å²) in [6.07, 6.45) is -0.641. The Morgan fingerprint density at radius 2 is 2.18 bits per heavy atom. The van der Waals surface area contributed by atoms with E-state index in [0.29, 0.717) is 38.6 Å². The Bertz CT molecular complexity index is 812. The summed E-state index contributed by atoms with van der Waals surface area (Å²) >= 11 is 0. The van der Waals surface area contributed by atoms with Gasteiger partial charge in [-0.25, -0.2) is 0 Å². The molecule has 0 bridgehead atoms. The Morgan fingerprint density at radius 3 is 2.93 bits per heavy atom. The molecule has 1 aromatic heterocycles. The zero-order valence-electron chi connectivity index (χ0n) is 16.4. The topological polar surface area (TPSA) is 55.5 Å². The van der Waals surface area contributed by atoms with Gasteiger partial charge in [0.05, 0.1) is 6.54 Å². The van der Waals surface area contributed by atoms with Gasteiger partial charge in [-0.15, -0.1) is 0 Å². The minimum absolute atomic E-state index is 0.0177. The van der Waals surface area contributed by atoms with Crippen LogP contribution in [0.2, 0.25) is 0 Å². The number of hydrogen-bond acceptors (Lipinski definition) is 2. The molecule has 0 radical (unpaired) electrons. The largest absolute Gasteiger partial charge is 0.401 e. The first kappa shape index (κ1) is 20.5. The number of aromatic amines is 1. The van der Waals surface area contributed by atoms with Crippen LogP contribution in [0.1, 0.15) is 24.5 Å². The number of halogens is 3. The van der Waals surface area contributed by atoms with Crippen molar-refractivity contribution in [2.75, 3.05) is 32.7 Å². The third kappa shape index (κ3) is 5.41. The van der Waals surface area contributed by atoms with Crippen LogP contribution in [0.15, 0.2) is 29.4 Å². The number of para-hydroxylation sites is 1. The van der Waals surface area contributed by atoms with Crippen molar-refractivity contribution >= 4 is 16.9 Å². The zero-order valence-corrected chi connectivity index (χ0v) is 16.4. The van der Waals surface area contributed by atoms with Gasteiger partial charge in [-0.3, -0.25) is 9.89 Å². The molecule has 28 heavy (non-hydrogen) atoms. The highest BCUT2D eigenvalue weighted by molar-refractivity contribution is 5.86. The standard InChI is InChI=1S/C20H28F3N5/c1-3-24-19(27-16-8-10-28(12-16)13-20(21,22)23)25-9-7-15-11-26-18-14(2)5-4-6-17(15)18/h4-6,11,16,26H,3,7-10,12-13H2,1-2H3,(H2,24,25,27). The maximum Gasteiger partial charge on any atom is 0.401 e. The van der Waals surface area contributed by atoms with Gasteiger partial charge in [0.1, 0.15) is 0 Å². The van der Waals surface area contributed by atoms with Crippen molar-refractivity contribution in [2.24, 2.45) is 4.99 Å². The van der Waals surface area contributed by atoms with E-state index in [4.69, 9.17) is 0 Å². The van der Waals surface area contributed by atoms with Crippen LogP contribution in [-0.2, 0) is 6.42 Å². The molecule has 0 amide bonds. The van der Waals surface area contributed by atoms with Crippen LogP contribution in [0, 0.1) is 6.92 Å². The number of nitrogens with zero attached hydrogens (tertiary/aromatic N) is 2. The first-order chi connectivity index (χ1) is 13.4. The summed E-state index contributed by atoms with van der Waals surface area (Å²) in [5, 5.41) is 7.68. The van der Waals surface area contributed by atoms with Gasteiger partial charge in [-0.1, -0.05) is 18.2 Å². The van der Waals surface area contributed by atoms with Crippen molar-refractivity contribution in [1.29, 1.82) is 0 Å². The fourth-order valence-electron chi connectivity index (χ4n) is 3.72. The number of aliphatic imine (C=N–C) groups is 1. The third-order valence-electron chi connectivity index (χ3n) is 5.02. The second-order valence-corrected chi connectivity index (χ2v) is 7.30. The van der Waals surface area contributed by atoms with Crippen LogP contribution in [0.5, 0.6) is 0 Å². The van der Waals surface area contributed by atoms with Crippen molar-refractivity contribution in [3.63, 3.8) is 0 Å². The molecule has 3 N–H and O–H groups in total. The molecule has 8 heteroatoms. The lowest BCUT2D eigenvalue weighted by molar-refractivity contribution is -0.143. The first-order valence-electron chi connectivity index (χ1n) is 9.75. The van der Waals surface area contributed by atoms with Crippen LogP contribution in [0.3, 0.4) is 0 Å². The molecular weight excluding hydrogens is 367 g/mol. The molecule has 0 spiro atoms. The molecule has 154 valence electrons. The maximum absolute atomic E-state index is 12.6. The van der Waals surface area contributed by atoms with Crippen molar-refractivity contribution in [3.8, 4) is 0 Å². The SMILES string of the molecule is CCNC(=NCCc1c[nH]c2c(C)cccc12)NC1CCN(CC(F)(F)F)C1. The molecule has 0 aliphatic carbocycles. The summed E-state index contributed by atoms with van der Waals surface area (Å²) in [7, 11) is 0. The Hall–Kier alpha value is -2.22. The highest BCUT2D eigenvalue weighted by Crippen LogP contribution is 2.22. The van der Waals surface area contributed by atoms with E-state index >= 15 is 0 Å². The number of guanidine groups is 1. The van der Waals surface area contributed by atoms with E-state index in [1.165, 1.54) is 21.4 Å². The zero-order chi connectivity index (χ0) is 20.1. The number of benzene rings is 1. The van der Waals surface area contributed by atoms with E-state index in [1.807, 2.05) is 13.1 Å². The molecule has 1 aliphatic rings. The molecule has 1 atom stereocenters. The number of aromatic nitrogens is 1. The van der Waals surface area contributed by atoms with Gasteiger partial charge in [-0.2, -0.15) is 13.2 Å². The Balaban J connectivity index is 1.56. The summed E-state index contributed by atoms with van der Waals surface area (Å²) in [6, 6.07) is 6.22. The molecule has 1 aliphatic heterocycles. The lowest BCUT2D eigenvalue weighted by Gasteiger charge is -2.19. The van der Waals surface area contributed by atoms with Gasteiger partial charge in [0, 0.05) is 49.3 Å². The van der Waals surface area contributed by atoms with Crippen molar-refractivity contribution < 1.29 is 13.2 Å². The van der Waals surface area contributed by atoms with E-state index in [2.05, 4.69) is 45.7 Å².